The van der Waals surface area contributed by atoms with Crippen molar-refractivity contribution in [1.29, 1.82) is 0 Å². The predicted octanol–water partition coefficient (Wildman–Crippen LogP) is -3.55. The summed E-state index contributed by atoms with van der Waals surface area (Å²) in [5.74, 6) is -8.08. The Balaban J connectivity index is 3.05. The lowest BCUT2D eigenvalue weighted by atomic mass is 9.99. The number of carboxylic acids is 2. The van der Waals surface area contributed by atoms with E-state index in [2.05, 4.69) is 31.6 Å². The molecule has 0 aromatic heterocycles. The van der Waals surface area contributed by atoms with Crippen molar-refractivity contribution in [3.8, 4) is 0 Å². The topological polar surface area (TPSA) is 351 Å². The number of rotatable bonds is 23. The van der Waals surface area contributed by atoms with E-state index in [4.69, 9.17) is 17.2 Å². The van der Waals surface area contributed by atoms with Crippen molar-refractivity contribution in [2.24, 2.45) is 34.0 Å². The number of nitrogens with one attached hydrogen (secondary N) is 5. The minimum absolute atomic E-state index is 0.00679. The molecule has 306 valence electrons. The number of hydrogen-bond acceptors (Lipinski definition) is 11. The molecule has 6 amide bonds. The normalized spacial score (nSPS) is 17.3. The molecular weight excluding hydrogens is 712 g/mol. The van der Waals surface area contributed by atoms with Crippen LogP contribution in [0.5, 0.6) is 0 Å². The molecule has 0 aromatic rings. The summed E-state index contributed by atoms with van der Waals surface area (Å²) in [6.07, 6.45) is -1.00. The van der Waals surface area contributed by atoms with Crippen LogP contribution in [0, 0.1) is 11.8 Å². The van der Waals surface area contributed by atoms with Gasteiger partial charge < -0.3 is 64.0 Å². The summed E-state index contributed by atoms with van der Waals surface area (Å²) in [6.45, 7) is 7.84. The largest absolute Gasteiger partial charge is 0.481 e. The van der Waals surface area contributed by atoms with Gasteiger partial charge in [-0.3, -0.25) is 38.6 Å². The number of amides is 6. The number of guanidine groups is 1. The number of carboxylic acid groups (broad SMARTS) is 2. The Bertz CT molecular complexity index is 1370. The van der Waals surface area contributed by atoms with Gasteiger partial charge in [0.2, 0.25) is 35.4 Å². The number of nitrogens with two attached hydrogens (primary N) is 3. The number of aliphatic imine (C=N–C) groups is 1. The lowest BCUT2D eigenvalue weighted by Gasteiger charge is -2.28. The first-order chi connectivity index (χ1) is 25.2. The van der Waals surface area contributed by atoms with Crippen LogP contribution in [-0.4, -0.2) is 136 Å². The van der Waals surface area contributed by atoms with Crippen LogP contribution in [0.25, 0.3) is 0 Å². The summed E-state index contributed by atoms with van der Waals surface area (Å²) in [7, 11) is 0. The Morgan fingerprint density at radius 1 is 0.833 bits per heavy atom. The summed E-state index contributed by atoms with van der Waals surface area (Å²) in [5, 5.41) is 40.9. The van der Waals surface area contributed by atoms with Crippen LogP contribution in [0.2, 0.25) is 0 Å². The third-order valence-corrected chi connectivity index (χ3v) is 8.51. The summed E-state index contributed by atoms with van der Waals surface area (Å²) in [5.41, 5.74) is 16.3. The van der Waals surface area contributed by atoms with Crippen LogP contribution in [0.3, 0.4) is 0 Å². The van der Waals surface area contributed by atoms with Gasteiger partial charge in [-0.15, -0.1) is 0 Å². The number of likely N-dealkylation sites (tertiary alicyclic amines) is 1. The maximum absolute atomic E-state index is 13.6. The molecule has 0 spiro atoms. The molecule has 0 radical (unpaired) electrons. The van der Waals surface area contributed by atoms with Gasteiger partial charge in [0.1, 0.15) is 36.3 Å². The highest BCUT2D eigenvalue weighted by Gasteiger charge is 2.38. The molecule has 0 saturated carbocycles. The van der Waals surface area contributed by atoms with E-state index < -0.39 is 109 Å². The molecule has 1 saturated heterocycles. The van der Waals surface area contributed by atoms with Gasteiger partial charge in [-0.2, -0.15) is 0 Å². The Morgan fingerprint density at radius 3 is 1.98 bits per heavy atom. The summed E-state index contributed by atoms with van der Waals surface area (Å²) in [4.78, 5) is 107. The van der Waals surface area contributed by atoms with E-state index in [1.807, 2.05) is 0 Å². The van der Waals surface area contributed by atoms with Gasteiger partial charge in [-0.05, 0) is 57.3 Å². The Morgan fingerprint density at radius 2 is 1.44 bits per heavy atom. The predicted molar refractivity (Wildman–Crippen MR) is 194 cm³/mol. The first-order valence-corrected chi connectivity index (χ1v) is 17.9. The number of nitrogens with zero attached hydrogens (tertiary/aromatic N) is 2. The van der Waals surface area contributed by atoms with Gasteiger partial charge in [0, 0.05) is 19.5 Å². The molecule has 0 aromatic carbocycles. The highest BCUT2D eigenvalue weighted by Crippen LogP contribution is 2.19. The van der Waals surface area contributed by atoms with Crippen molar-refractivity contribution in [2.45, 2.75) is 122 Å². The van der Waals surface area contributed by atoms with Crippen LogP contribution in [-0.2, 0) is 38.4 Å². The zero-order valence-electron chi connectivity index (χ0n) is 31.5. The molecule has 21 heteroatoms. The van der Waals surface area contributed by atoms with E-state index in [0.29, 0.717) is 6.42 Å². The third kappa shape index (κ3) is 16.3. The minimum atomic E-state index is -1.46. The van der Waals surface area contributed by atoms with Crippen molar-refractivity contribution < 1.29 is 53.7 Å². The van der Waals surface area contributed by atoms with Crippen LogP contribution in [0.4, 0.5) is 0 Å². The second-order valence-corrected chi connectivity index (χ2v) is 14.0. The van der Waals surface area contributed by atoms with Gasteiger partial charge in [-0.1, -0.05) is 27.7 Å². The average Bonchev–Trinajstić information content (AvgIpc) is 3.57. The summed E-state index contributed by atoms with van der Waals surface area (Å²) >= 11 is 0. The van der Waals surface area contributed by atoms with Crippen molar-refractivity contribution in [1.82, 2.24) is 31.5 Å². The first kappa shape index (κ1) is 47.0. The number of aliphatic hydroxyl groups excluding tert-OH is 1. The first-order valence-electron chi connectivity index (χ1n) is 17.9. The van der Waals surface area contributed by atoms with Gasteiger partial charge in [0.25, 0.3) is 0 Å². The van der Waals surface area contributed by atoms with E-state index >= 15 is 0 Å². The Labute approximate surface area is 314 Å². The number of carbonyl (C=O) groups excluding carboxylic acids is 6. The summed E-state index contributed by atoms with van der Waals surface area (Å²) < 4.78 is 0. The molecule has 1 heterocycles. The average molecular weight is 771 g/mol. The van der Waals surface area contributed by atoms with E-state index in [0.717, 1.165) is 0 Å². The standard InChI is InChI=1S/C33H58N10O11/c1-16(2)14-21(28(49)42-26(17(3)4)30(51)40-20(32(53)54)8-6-12-37-33(35)36)41-27(48)19(10-11-24(46)47)39-23(45)15-38-29(50)22-9-7-13-43(22)31(52)25(34)18(5)44/h16-22,25-26,44H,6-15,34H2,1-5H3,(H,38,50)(H,39,45)(H,40,51)(H,41,48)(H,42,49)(H,46,47)(H,53,54)(H4,35,36,37)/t18-,19+,20+,21+,22+,25+,26+/m1/s1. The number of hydrogen-bond donors (Lipinski definition) is 11. The SMILES string of the molecule is CC(C)C[C@H](NC(=O)[C@H](CCC(=O)O)NC(=O)CNC(=O)[C@@H]1CCCN1C(=O)[C@@H](N)[C@@H](C)O)C(=O)N[C@H](C(=O)N[C@@H](CCCN=C(N)N)C(=O)O)C(C)C. The highest BCUT2D eigenvalue weighted by atomic mass is 16.4. The van der Waals surface area contributed by atoms with Crippen molar-refractivity contribution >= 4 is 53.3 Å². The smallest absolute Gasteiger partial charge is 0.326 e. The highest BCUT2D eigenvalue weighted by molar-refractivity contribution is 5.96. The van der Waals surface area contributed by atoms with Gasteiger partial charge in [0.05, 0.1) is 12.6 Å². The Kier molecular flexibility index (Phi) is 19.9. The quantitative estimate of drug-likeness (QED) is 0.0272. The molecule has 21 nitrogen and oxygen atoms in total. The van der Waals surface area contributed by atoms with Crippen LogP contribution in [0.15, 0.2) is 4.99 Å². The lowest BCUT2D eigenvalue weighted by molar-refractivity contribution is -0.143. The molecule has 0 bridgehead atoms. The third-order valence-electron chi connectivity index (χ3n) is 8.51. The monoisotopic (exact) mass is 770 g/mol. The number of aliphatic hydroxyl groups is 1. The molecule has 0 unspecified atom stereocenters. The van der Waals surface area contributed by atoms with Gasteiger partial charge >= 0.3 is 11.9 Å². The van der Waals surface area contributed by atoms with Gasteiger partial charge in [0.15, 0.2) is 5.96 Å². The van der Waals surface area contributed by atoms with E-state index in [-0.39, 0.29) is 57.1 Å². The number of aliphatic carboxylic acids is 2. The van der Waals surface area contributed by atoms with Gasteiger partial charge in [-0.25, -0.2) is 4.79 Å². The fraction of sp³-hybridized carbons (Fsp3) is 0.727. The van der Waals surface area contributed by atoms with Crippen molar-refractivity contribution in [3.63, 3.8) is 0 Å². The lowest BCUT2D eigenvalue weighted by Crippen LogP contribution is -2.59. The van der Waals surface area contributed by atoms with E-state index in [1.165, 1.54) is 11.8 Å². The summed E-state index contributed by atoms with van der Waals surface area (Å²) in [6, 6.07) is -7.44. The maximum atomic E-state index is 13.6. The van der Waals surface area contributed by atoms with Crippen LogP contribution in [0.1, 0.15) is 79.6 Å². The second kappa shape index (κ2) is 22.9. The van der Waals surface area contributed by atoms with Crippen molar-refractivity contribution in [2.75, 3.05) is 19.6 Å². The fourth-order valence-electron chi connectivity index (χ4n) is 5.55. The zero-order chi connectivity index (χ0) is 41.3. The molecular formula is C33H58N10O11. The molecule has 1 aliphatic heterocycles. The number of carbonyl (C=O) groups is 8. The van der Waals surface area contributed by atoms with Crippen LogP contribution >= 0.6 is 0 Å². The molecule has 1 rings (SSSR count). The minimum Gasteiger partial charge on any atom is -0.481 e. The second-order valence-electron chi connectivity index (χ2n) is 14.0. The zero-order valence-corrected chi connectivity index (χ0v) is 31.5. The van der Waals surface area contributed by atoms with Crippen LogP contribution < -0.4 is 43.8 Å². The molecule has 54 heavy (non-hydrogen) atoms. The van der Waals surface area contributed by atoms with Crippen molar-refractivity contribution in [3.05, 3.63) is 0 Å². The molecule has 0 aliphatic carbocycles. The van der Waals surface area contributed by atoms with E-state index in [1.54, 1.807) is 27.7 Å². The Hall–Kier alpha value is -5.05. The fourth-order valence-corrected chi connectivity index (χ4v) is 5.55. The molecule has 7 atom stereocenters. The molecule has 1 fully saturated rings. The van der Waals surface area contributed by atoms with E-state index in [9.17, 15) is 53.7 Å². The molecule has 14 N–H and O–H groups in total. The maximum Gasteiger partial charge on any atom is 0.326 e. The molecule has 1 aliphatic rings.